The van der Waals surface area contributed by atoms with Gasteiger partial charge in [0, 0.05) is 7.14 Å². The molecular formula is C24H28F8I2O6S2. The molecule has 242 valence electrons. The minimum Gasteiger partial charge on any atom is -0.281 e. The standard InChI is InChI=1S/2C10H13I.C4H2F8O6S2/c2*1-10(2,3)8-4-6-9(11)7-5-8;5-1(6,3(9,10)19(13,14)15)2(7,8)4(11,12)20(16,17)18/h2*4-7H,1-3H3;(H,13,14,15)(H,16,17,18). The molecule has 0 aliphatic rings. The molecule has 2 rings (SSSR count). The van der Waals surface area contributed by atoms with Crippen molar-refractivity contribution < 1.29 is 61.1 Å². The minimum atomic E-state index is -7.58. The monoisotopic (exact) mass is 882 g/mol. The molecule has 0 fully saturated rings. The molecule has 0 bridgehead atoms. The lowest BCUT2D eigenvalue weighted by Crippen LogP contribution is -2.66. The first-order valence-electron chi connectivity index (χ1n) is 11.2. The molecule has 2 aromatic rings. The third kappa shape index (κ3) is 9.83. The molecule has 0 atom stereocenters. The molecule has 42 heavy (non-hydrogen) atoms. The highest BCUT2D eigenvalue weighted by molar-refractivity contribution is 14.1. The van der Waals surface area contributed by atoms with Crippen molar-refractivity contribution in [2.24, 2.45) is 0 Å². The van der Waals surface area contributed by atoms with Crippen LogP contribution in [0, 0.1) is 7.14 Å². The van der Waals surface area contributed by atoms with Crippen molar-refractivity contribution in [1.82, 2.24) is 0 Å². The van der Waals surface area contributed by atoms with Gasteiger partial charge in [0.05, 0.1) is 0 Å². The molecule has 0 unspecified atom stereocenters. The predicted octanol–water partition coefficient (Wildman–Crippen LogP) is 8.40. The van der Waals surface area contributed by atoms with E-state index in [1.165, 1.54) is 18.3 Å². The number of hydrogen-bond acceptors (Lipinski definition) is 4. The van der Waals surface area contributed by atoms with Gasteiger partial charge in [-0.15, -0.1) is 0 Å². The molecule has 0 saturated carbocycles. The second-order valence-corrected chi connectivity index (χ2v) is 16.1. The van der Waals surface area contributed by atoms with Crippen LogP contribution >= 0.6 is 45.2 Å². The van der Waals surface area contributed by atoms with Gasteiger partial charge in [-0.05, 0) is 91.4 Å². The van der Waals surface area contributed by atoms with Crippen LogP contribution in [0.5, 0.6) is 0 Å². The van der Waals surface area contributed by atoms with Crippen LogP contribution in [0.1, 0.15) is 52.7 Å². The van der Waals surface area contributed by atoms with E-state index in [9.17, 15) is 52.0 Å². The van der Waals surface area contributed by atoms with E-state index in [0.717, 1.165) is 0 Å². The highest BCUT2D eigenvalue weighted by Crippen LogP contribution is 2.55. The topological polar surface area (TPSA) is 109 Å². The lowest BCUT2D eigenvalue weighted by Gasteiger charge is -2.33. The SMILES string of the molecule is CC(C)(C)c1ccc(I)cc1.CC(C)(C)c1ccc(I)cc1.O=S(=O)(O)C(F)(F)C(F)(F)C(F)(F)C(F)(F)S(=O)(=O)O. The first-order chi connectivity index (χ1) is 18.2. The van der Waals surface area contributed by atoms with Crippen LogP contribution in [-0.2, 0) is 31.1 Å². The van der Waals surface area contributed by atoms with Crippen molar-refractivity contribution in [2.45, 2.75) is 74.7 Å². The van der Waals surface area contributed by atoms with Gasteiger partial charge in [0.2, 0.25) is 0 Å². The van der Waals surface area contributed by atoms with Crippen LogP contribution in [0.25, 0.3) is 0 Å². The summed E-state index contributed by atoms with van der Waals surface area (Å²) in [5, 5.41) is -14.3. The van der Waals surface area contributed by atoms with Gasteiger partial charge in [-0.25, -0.2) is 0 Å². The van der Waals surface area contributed by atoms with Gasteiger partial charge >= 0.3 is 42.6 Å². The molecule has 2 N–H and O–H groups in total. The van der Waals surface area contributed by atoms with E-state index in [4.69, 9.17) is 9.11 Å². The smallest absolute Gasteiger partial charge is 0.281 e. The Balaban J connectivity index is 0.000000645. The second-order valence-electron chi connectivity index (χ2n) is 10.6. The molecule has 0 aliphatic heterocycles. The van der Waals surface area contributed by atoms with E-state index in [2.05, 4.69) is 135 Å². The second kappa shape index (κ2) is 13.7. The summed E-state index contributed by atoms with van der Waals surface area (Å²) in [4.78, 5) is 0. The quantitative estimate of drug-likeness (QED) is 0.178. The highest BCUT2D eigenvalue weighted by atomic mass is 127. The maximum Gasteiger partial charge on any atom is 0.438 e. The summed E-state index contributed by atoms with van der Waals surface area (Å²) >= 11 is 4.65. The number of hydrogen-bond donors (Lipinski definition) is 2. The summed E-state index contributed by atoms with van der Waals surface area (Å²) in [6, 6.07) is 17.4. The molecule has 0 spiro atoms. The van der Waals surface area contributed by atoms with Gasteiger partial charge in [-0.3, -0.25) is 9.11 Å². The average Bonchev–Trinajstić information content (AvgIpc) is 2.77. The highest BCUT2D eigenvalue weighted by Gasteiger charge is 2.87. The Morgan fingerprint density at radius 3 is 0.833 bits per heavy atom. The van der Waals surface area contributed by atoms with Crippen LogP contribution < -0.4 is 0 Å². The van der Waals surface area contributed by atoms with Crippen LogP contribution in [-0.4, -0.2) is 48.3 Å². The number of halogens is 10. The zero-order valence-electron chi connectivity index (χ0n) is 22.7. The Labute approximate surface area is 266 Å². The molecule has 0 aliphatic carbocycles. The molecular weight excluding hydrogens is 854 g/mol. The van der Waals surface area contributed by atoms with Crippen LogP contribution in [0.3, 0.4) is 0 Å². The van der Waals surface area contributed by atoms with Crippen LogP contribution in [0.4, 0.5) is 35.1 Å². The van der Waals surface area contributed by atoms with E-state index in [1.54, 1.807) is 0 Å². The summed E-state index contributed by atoms with van der Waals surface area (Å²) in [6.07, 6.45) is 0. The maximum absolute atomic E-state index is 12.6. The zero-order valence-corrected chi connectivity index (χ0v) is 28.7. The minimum absolute atomic E-state index is 0.282. The Kier molecular flexibility index (Phi) is 13.4. The van der Waals surface area contributed by atoms with Gasteiger partial charge in [0.15, 0.2) is 0 Å². The van der Waals surface area contributed by atoms with E-state index in [0.29, 0.717) is 0 Å². The molecule has 0 heterocycles. The van der Waals surface area contributed by atoms with Gasteiger partial charge < -0.3 is 0 Å². The molecule has 0 amide bonds. The maximum atomic E-state index is 12.6. The van der Waals surface area contributed by atoms with Crippen molar-refractivity contribution in [3.63, 3.8) is 0 Å². The van der Waals surface area contributed by atoms with E-state index < -0.39 is 42.6 Å². The number of rotatable bonds is 5. The van der Waals surface area contributed by atoms with Crippen molar-refractivity contribution in [1.29, 1.82) is 0 Å². The number of alkyl halides is 8. The van der Waals surface area contributed by atoms with E-state index >= 15 is 0 Å². The molecule has 0 radical (unpaired) electrons. The molecule has 0 saturated heterocycles. The fourth-order valence-electron chi connectivity index (χ4n) is 2.59. The summed E-state index contributed by atoms with van der Waals surface area (Å²) in [5.74, 6) is -15.2. The Bertz CT molecular complexity index is 1290. The lowest BCUT2D eigenvalue weighted by atomic mass is 9.87. The largest absolute Gasteiger partial charge is 0.438 e. The Morgan fingerprint density at radius 1 is 0.500 bits per heavy atom. The molecule has 0 aromatic heterocycles. The zero-order chi connectivity index (χ0) is 34.0. The summed E-state index contributed by atoms with van der Waals surface area (Å²) in [7, 11) is -14.6. The molecule has 18 heteroatoms. The first kappa shape index (κ1) is 41.2. The normalized spacial score (nSPS) is 13.9. The van der Waals surface area contributed by atoms with Crippen molar-refractivity contribution in [3.05, 3.63) is 66.8 Å². The molecule has 6 nitrogen and oxygen atoms in total. The van der Waals surface area contributed by atoms with Gasteiger partial charge in [-0.1, -0.05) is 65.8 Å². The van der Waals surface area contributed by atoms with E-state index in [1.807, 2.05) is 0 Å². The molecule has 2 aromatic carbocycles. The summed E-state index contributed by atoms with van der Waals surface area (Å²) in [6.45, 7) is 13.4. The predicted molar refractivity (Wildman–Crippen MR) is 159 cm³/mol. The van der Waals surface area contributed by atoms with Gasteiger partial charge in [0.25, 0.3) is 0 Å². The summed E-state index contributed by atoms with van der Waals surface area (Å²) in [5.41, 5.74) is 3.37. The Morgan fingerprint density at radius 2 is 0.690 bits per heavy atom. The summed E-state index contributed by atoms with van der Waals surface area (Å²) < 4.78 is 158. The fourth-order valence-corrected chi connectivity index (χ4v) is 4.21. The Hall–Kier alpha value is -0.840. The third-order valence-electron chi connectivity index (χ3n) is 5.19. The van der Waals surface area contributed by atoms with Crippen molar-refractivity contribution >= 4 is 65.4 Å². The van der Waals surface area contributed by atoms with Gasteiger partial charge in [0.1, 0.15) is 0 Å². The first-order valence-corrected chi connectivity index (χ1v) is 16.3. The van der Waals surface area contributed by atoms with Crippen LogP contribution in [0.15, 0.2) is 48.5 Å². The number of benzene rings is 2. The van der Waals surface area contributed by atoms with Crippen LogP contribution in [0.2, 0.25) is 0 Å². The van der Waals surface area contributed by atoms with E-state index in [-0.39, 0.29) is 10.8 Å². The lowest BCUT2D eigenvalue weighted by molar-refractivity contribution is -0.327. The fraction of sp³-hybridized carbons (Fsp3) is 0.500. The average molecular weight is 882 g/mol. The van der Waals surface area contributed by atoms with Crippen molar-refractivity contribution in [2.75, 3.05) is 0 Å². The van der Waals surface area contributed by atoms with Gasteiger partial charge in [-0.2, -0.15) is 52.0 Å². The third-order valence-corrected chi connectivity index (χ3v) is 8.44. The van der Waals surface area contributed by atoms with Crippen molar-refractivity contribution in [3.8, 4) is 0 Å².